The summed E-state index contributed by atoms with van der Waals surface area (Å²) in [4.78, 5) is 25.5. The number of rotatable bonds is 11. The summed E-state index contributed by atoms with van der Waals surface area (Å²) < 4.78 is 24.3. The number of benzene rings is 3. The van der Waals surface area contributed by atoms with Crippen LogP contribution in [0.15, 0.2) is 78.9 Å². The highest BCUT2D eigenvalue weighted by Gasteiger charge is 2.25. The average Bonchev–Trinajstić information content (AvgIpc) is 3.32. The van der Waals surface area contributed by atoms with Gasteiger partial charge in [-0.05, 0) is 55.2 Å². The second-order valence-electron chi connectivity index (χ2n) is 8.97. The molecule has 1 heterocycles. The zero-order valence-corrected chi connectivity index (χ0v) is 22.7. The van der Waals surface area contributed by atoms with Gasteiger partial charge in [0.1, 0.15) is 6.61 Å². The topological polar surface area (TPSA) is 76.0 Å². The van der Waals surface area contributed by atoms with Gasteiger partial charge in [0.2, 0.25) is 0 Å². The van der Waals surface area contributed by atoms with Gasteiger partial charge < -0.3 is 23.5 Å². The number of nitrogens with zero attached hydrogens (tertiary/aromatic N) is 1. The van der Waals surface area contributed by atoms with E-state index in [1.807, 2.05) is 90.4 Å². The van der Waals surface area contributed by atoms with Gasteiger partial charge in [0.05, 0.1) is 37.8 Å². The van der Waals surface area contributed by atoms with Crippen molar-refractivity contribution in [3.05, 3.63) is 101 Å². The minimum atomic E-state index is -0.427. The van der Waals surface area contributed by atoms with Crippen molar-refractivity contribution in [3.8, 4) is 28.4 Å². The fraction of sp³-hybridized carbons (Fsp3) is 0.250. The first-order chi connectivity index (χ1) is 19.0. The molecule has 4 rings (SSSR count). The lowest BCUT2D eigenvalue weighted by Crippen LogP contribution is -2.09. The quantitative estimate of drug-likeness (QED) is 0.212. The van der Waals surface area contributed by atoms with Crippen LogP contribution in [0.4, 0.5) is 0 Å². The minimum absolute atomic E-state index is 0.165. The summed E-state index contributed by atoms with van der Waals surface area (Å²) in [6.45, 7) is 4.22. The van der Waals surface area contributed by atoms with E-state index in [1.165, 1.54) is 0 Å². The van der Waals surface area contributed by atoms with Gasteiger partial charge in [0.15, 0.2) is 11.5 Å². The van der Waals surface area contributed by atoms with Crippen molar-refractivity contribution in [2.75, 3.05) is 20.8 Å². The predicted octanol–water partition coefficient (Wildman–Crippen LogP) is 6.32. The van der Waals surface area contributed by atoms with E-state index in [1.54, 1.807) is 21.1 Å². The van der Waals surface area contributed by atoms with Crippen LogP contribution in [0.25, 0.3) is 16.9 Å². The van der Waals surface area contributed by atoms with Crippen molar-refractivity contribution in [2.45, 2.75) is 33.3 Å². The third-order valence-electron chi connectivity index (χ3n) is 6.35. The number of aryl methyl sites for hydroxylation is 2. The Morgan fingerprint density at radius 3 is 2.15 bits per heavy atom. The van der Waals surface area contributed by atoms with E-state index in [-0.39, 0.29) is 19.0 Å². The van der Waals surface area contributed by atoms with Gasteiger partial charge in [0.25, 0.3) is 0 Å². The largest absolute Gasteiger partial charge is 0.493 e. The maximum Gasteiger partial charge on any atom is 0.340 e. The highest BCUT2D eigenvalue weighted by atomic mass is 16.5. The van der Waals surface area contributed by atoms with Gasteiger partial charge in [-0.3, -0.25) is 4.79 Å². The number of esters is 2. The van der Waals surface area contributed by atoms with Crippen LogP contribution < -0.4 is 9.47 Å². The summed E-state index contributed by atoms with van der Waals surface area (Å²) in [7, 11) is 3.15. The van der Waals surface area contributed by atoms with Gasteiger partial charge in [-0.25, -0.2) is 4.79 Å². The molecule has 0 aliphatic heterocycles. The molecule has 0 amide bonds. The first-order valence-electron chi connectivity index (χ1n) is 12.9. The molecule has 0 fully saturated rings. The fourth-order valence-corrected chi connectivity index (χ4v) is 4.58. The SMILES string of the molecule is CCOC(=O)CCc1cc(OC)c(OC)c(-n2c(C)cc(C(=O)OCc3ccccc3)c2-c2ccccc2)c1. The summed E-state index contributed by atoms with van der Waals surface area (Å²) in [5.74, 6) is 0.343. The summed E-state index contributed by atoms with van der Waals surface area (Å²) in [6, 6.07) is 24.9. The number of carbonyl (C=O) groups is 2. The Morgan fingerprint density at radius 2 is 1.51 bits per heavy atom. The standard InChI is InChI=1S/C32H33NO6/c1-5-38-29(34)17-16-24-19-27(31(37-4)28(20-24)36-3)33-22(2)18-26(30(33)25-14-10-7-11-15-25)32(35)39-21-23-12-8-6-9-13-23/h6-15,18-20H,5,16-17,21H2,1-4H3. The smallest absolute Gasteiger partial charge is 0.340 e. The van der Waals surface area contributed by atoms with Crippen LogP contribution in [0.5, 0.6) is 11.5 Å². The van der Waals surface area contributed by atoms with E-state index in [0.717, 1.165) is 22.4 Å². The van der Waals surface area contributed by atoms with Crippen LogP contribution in [-0.4, -0.2) is 37.3 Å². The molecular formula is C32H33NO6. The van der Waals surface area contributed by atoms with Crippen LogP contribution in [0.2, 0.25) is 0 Å². The molecule has 7 heteroatoms. The van der Waals surface area contributed by atoms with E-state index in [4.69, 9.17) is 18.9 Å². The summed E-state index contributed by atoms with van der Waals surface area (Å²) in [5, 5.41) is 0. The van der Waals surface area contributed by atoms with Crippen molar-refractivity contribution >= 4 is 11.9 Å². The van der Waals surface area contributed by atoms with E-state index < -0.39 is 5.97 Å². The maximum absolute atomic E-state index is 13.4. The molecule has 0 saturated carbocycles. The van der Waals surface area contributed by atoms with Gasteiger partial charge in [-0.1, -0.05) is 60.7 Å². The van der Waals surface area contributed by atoms with Crippen LogP contribution in [0, 0.1) is 6.92 Å². The molecule has 0 saturated heterocycles. The van der Waals surface area contributed by atoms with Crippen molar-refractivity contribution < 1.29 is 28.5 Å². The molecule has 0 aliphatic carbocycles. The second kappa shape index (κ2) is 12.8. The fourth-order valence-electron chi connectivity index (χ4n) is 4.58. The Balaban J connectivity index is 1.83. The highest BCUT2D eigenvalue weighted by molar-refractivity contribution is 5.97. The van der Waals surface area contributed by atoms with Gasteiger partial charge in [0, 0.05) is 12.1 Å². The third kappa shape index (κ3) is 6.32. The third-order valence-corrected chi connectivity index (χ3v) is 6.35. The normalized spacial score (nSPS) is 10.7. The number of hydrogen-bond donors (Lipinski definition) is 0. The Kier molecular flexibility index (Phi) is 9.05. The summed E-state index contributed by atoms with van der Waals surface area (Å²) >= 11 is 0. The van der Waals surface area contributed by atoms with Crippen LogP contribution >= 0.6 is 0 Å². The number of methoxy groups -OCH3 is 2. The first-order valence-corrected chi connectivity index (χ1v) is 12.9. The molecule has 1 aromatic heterocycles. The summed E-state index contributed by atoms with van der Waals surface area (Å²) in [5.41, 5.74) is 5.23. The lowest BCUT2D eigenvalue weighted by atomic mass is 10.1. The lowest BCUT2D eigenvalue weighted by molar-refractivity contribution is -0.143. The van der Waals surface area contributed by atoms with Gasteiger partial charge in [-0.15, -0.1) is 0 Å². The number of ether oxygens (including phenoxy) is 4. The molecule has 7 nitrogen and oxygen atoms in total. The number of aromatic nitrogens is 1. The molecule has 0 N–H and O–H groups in total. The van der Waals surface area contributed by atoms with Crippen molar-refractivity contribution in [3.63, 3.8) is 0 Å². The molecule has 0 spiro atoms. The Hall–Kier alpha value is -4.52. The van der Waals surface area contributed by atoms with Crippen LogP contribution in [-0.2, 0) is 27.3 Å². The molecule has 0 bridgehead atoms. The zero-order valence-electron chi connectivity index (χ0n) is 22.7. The lowest BCUT2D eigenvalue weighted by Gasteiger charge is -2.20. The average molecular weight is 528 g/mol. The monoisotopic (exact) mass is 527 g/mol. The molecule has 4 aromatic rings. The highest BCUT2D eigenvalue weighted by Crippen LogP contribution is 2.40. The molecule has 0 unspecified atom stereocenters. The number of carbonyl (C=O) groups excluding carboxylic acids is 2. The molecule has 202 valence electrons. The van der Waals surface area contributed by atoms with Gasteiger partial charge >= 0.3 is 11.9 Å². The van der Waals surface area contributed by atoms with E-state index in [2.05, 4.69) is 0 Å². The summed E-state index contributed by atoms with van der Waals surface area (Å²) in [6.07, 6.45) is 0.690. The second-order valence-corrected chi connectivity index (χ2v) is 8.97. The van der Waals surface area contributed by atoms with Crippen molar-refractivity contribution in [1.29, 1.82) is 0 Å². The molecule has 0 radical (unpaired) electrons. The maximum atomic E-state index is 13.4. The van der Waals surface area contributed by atoms with E-state index >= 15 is 0 Å². The zero-order chi connectivity index (χ0) is 27.8. The van der Waals surface area contributed by atoms with Crippen molar-refractivity contribution in [2.24, 2.45) is 0 Å². The van der Waals surface area contributed by atoms with Gasteiger partial charge in [-0.2, -0.15) is 0 Å². The van der Waals surface area contributed by atoms with Crippen LogP contribution in [0.1, 0.15) is 40.5 Å². The predicted molar refractivity (Wildman–Crippen MR) is 150 cm³/mol. The molecular weight excluding hydrogens is 494 g/mol. The van der Waals surface area contributed by atoms with E-state index in [0.29, 0.717) is 41.5 Å². The molecule has 3 aromatic carbocycles. The first kappa shape index (κ1) is 27.5. The Labute approximate surface area is 228 Å². The molecule has 0 aliphatic rings. The Bertz CT molecular complexity index is 1430. The molecule has 39 heavy (non-hydrogen) atoms. The molecule has 0 atom stereocenters. The Morgan fingerprint density at radius 1 is 0.821 bits per heavy atom. The van der Waals surface area contributed by atoms with Crippen molar-refractivity contribution in [1.82, 2.24) is 4.57 Å². The van der Waals surface area contributed by atoms with Crippen LogP contribution in [0.3, 0.4) is 0 Å². The van der Waals surface area contributed by atoms with E-state index in [9.17, 15) is 9.59 Å². The minimum Gasteiger partial charge on any atom is -0.493 e. The number of hydrogen-bond acceptors (Lipinski definition) is 6.